The van der Waals surface area contributed by atoms with Crippen LogP contribution in [0.4, 0.5) is 0 Å². The second-order valence-electron chi connectivity index (χ2n) is 6.35. The second-order valence-corrected chi connectivity index (χ2v) is 8.61. The van der Waals surface area contributed by atoms with E-state index in [0.29, 0.717) is 27.9 Å². The highest BCUT2D eigenvalue weighted by Gasteiger charge is 2.35. The summed E-state index contributed by atoms with van der Waals surface area (Å²) in [5.41, 5.74) is 1.96. The van der Waals surface area contributed by atoms with Gasteiger partial charge in [0.25, 0.3) is 0 Å². The van der Waals surface area contributed by atoms with Gasteiger partial charge in [-0.25, -0.2) is 13.1 Å². The van der Waals surface area contributed by atoms with Crippen molar-refractivity contribution in [1.82, 2.24) is 14.1 Å². The molecule has 0 spiro atoms. The molecule has 24 heavy (non-hydrogen) atoms. The molecule has 0 bridgehead atoms. The zero-order valence-electron chi connectivity index (χ0n) is 14.2. The lowest BCUT2D eigenvalue weighted by Gasteiger charge is -2.32. The minimum Gasteiger partial charge on any atom is -0.236 e. The molecule has 5 nitrogen and oxygen atoms in total. The van der Waals surface area contributed by atoms with Gasteiger partial charge in [-0.05, 0) is 57.9 Å². The molecule has 0 N–H and O–H groups in total. The number of sulfonamides is 1. The first kappa shape index (κ1) is 17.5. The highest BCUT2D eigenvalue weighted by atomic mass is 35.5. The lowest BCUT2D eigenvalue weighted by molar-refractivity contribution is 0.268. The van der Waals surface area contributed by atoms with Gasteiger partial charge >= 0.3 is 0 Å². The normalized spacial score (nSPS) is 19.6. The van der Waals surface area contributed by atoms with Crippen LogP contribution in [0.1, 0.15) is 37.6 Å². The molecule has 1 aliphatic heterocycles. The monoisotopic (exact) mass is 367 g/mol. The zero-order chi connectivity index (χ0) is 17.5. The Bertz CT molecular complexity index is 843. The first-order valence-corrected chi connectivity index (χ1v) is 9.98. The van der Waals surface area contributed by atoms with Gasteiger partial charge in [0.05, 0.1) is 17.1 Å². The molecule has 0 radical (unpaired) electrons. The zero-order valence-corrected chi connectivity index (χ0v) is 15.7. The number of benzene rings is 1. The van der Waals surface area contributed by atoms with Crippen molar-refractivity contribution in [1.29, 1.82) is 0 Å². The average molecular weight is 368 g/mol. The Morgan fingerprint density at radius 3 is 2.46 bits per heavy atom. The first-order valence-electron chi connectivity index (χ1n) is 8.16. The second kappa shape index (κ2) is 6.50. The van der Waals surface area contributed by atoms with Gasteiger partial charge in [0, 0.05) is 17.6 Å². The smallest absolute Gasteiger partial charge is 0.236 e. The molecule has 0 aliphatic carbocycles. The Hall–Kier alpha value is -1.37. The molecule has 1 fully saturated rings. The third kappa shape index (κ3) is 2.98. The van der Waals surface area contributed by atoms with Gasteiger partial charge in [-0.1, -0.05) is 18.0 Å². The molecule has 1 aromatic heterocycles. The first-order chi connectivity index (χ1) is 11.3. The van der Waals surface area contributed by atoms with E-state index in [1.165, 1.54) is 0 Å². The molecule has 2 aromatic rings. The summed E-state index contributed by atoms with van der Waals surface area (Å²) >= 11 is 5.93. The van der Waals surface area contributed by atoms with Crippen molar-refractivity contribution in [3.05, 3.63) is 40.7 Å². The van der Waals surface area contributed by atoms with Crippen LogP contribution in [0.3, 0.4) is 0 Å². The lowest BCUT2D eigenvalue weighted by atomic mass is 10.1. The molecule has 1 atom stereocenters. The summed E-state index contributed by atoms with van der Waals surface area (Å²) in [6.07, 6.45) is 2.89. The van der Waals surface area contributed by atoms with Crippen molar-refractivity contribution in [2.24, 2.45) is 0 Å². The van der Waals surface area contributed by atoms with E-state index in [1.54, 1.807) is 35.0 Å². The molecule has 0 unspecified atom stereocenters. The van der Waals surface area contributed by atoms with Crippen LogP contribution in [-0.2, 0) is 10.0 Å². The maximum absolute atomic E-state index is 13.2. The lowest BCUT2D eigenvalue weighted by Crippen LogP contribution is -2.42. The minimum absolute atomic E-state index is 0.0291. The van der Waals surface area contributed by atoms with Crippen molar-refractivity contribution in [2.45, 2.75) is 51.0 Å². The van der Waals surface area contributed by atoms with Gasteiger partial charge in [-0.3, -0.25) is 0 Å². The number of hydrogen-bond donors (Lipinski definition) is 0. The quantitative estimate of drug-likeness (QED) is 0.831. The Morgan fingerprint density at radius 1 is 1.17 bits per heavy atom. The van der Waals surface area contributed by atoms with Crippen LogP contribution < -0.4 is 0 Å². The van der Waals surface area contributed by atoms with E-state index >= 15 is 0 Å². The highest BCUT2D eigenvalue weighted by Crippen LogP contribution is 2.30. The van der Waals surface area contributed by atoms with E-state index in [-0.39, 0.29) is 6.04 Å². The number of hydrogen-bond acceptors (Lipinski definition) is 3. The fourth-order valence-corrected chi connectivity index (χ4v) is 5.56. The van der Waals surface area contributed by atoms with Crippen LogP contribution in [-0.4, -0.2) is 35.1 Å². The van der Waals surface area contributed by atoms with Crippen molar-refractivity contribution < 1.29 is 8.42 Å². The Labute approximate surface area is 148 Å². The molecular formula is C17H22ClN3O2S. The summed E-state index contributed by atoms with van der Waals surface area (Å²) in [6.45, 7) is 6.11. The SMILES string of the molecule is Cc1nn(-c2ccc(Cl)cc2)c(C)c1S(=O)(=O)N1CCCC[C@@H]1C. The summed E-state index contributed by atoms with van der Waals surface area (Å²) < 4.78 is 29.7. The van der Waals surface area contributed by atoms with Crippen molar-refractivity contribution in [2.75, 3.05) is 6.54 Å². The van der Waals surface area contributed by atoms with E-state index in [9.17, 15) is 8.42 Å². The largest absolute Gasteiger partial charge is 0.246 e. The molecule has 0 saturated carbocycles. The molecule has 3 rings (SSSR count). The van der Waals surface area contributed by atoms with Gasteiger partial charge in [-0.2, -0.15) is 9.40 Å². The van der Waals surface area contributed by atoms with Crippen LogP contribution in [0.25, 0.3) is 5.69 Å². The predicted molar refractivity (Wildman–Crippen MR) is 95.3 cm³/mol. The Balaban J connectivity index is 2.07. The highest BCUT2D eigenvalue weighted by molar-refractivity contribution is 7.89. The molecule has 0 amide bonds. The molecular weight excluding hydrogens is 346 g/mol. The maximum Gasteiger partial charge on any atom is 0.246 e. The summed E-state index contributed by atoms with van der Waals surface area (Å²) in [7, 11) is -3.54. The molecule has 1 aromatic carbocycles. The van der Waals surface area contributed by atoms with Crippen LogP contribution >= 0.6 is 11.6 Å². The summed E-state index contributed by atoms with van der Waals surface area (Å²) in [5.74, 6) is 0. The minimum atomic E-state index is -3.54. The molecule has 2 heterocycles. The number of halogens is 1. The van der Waals surface area contributed by atoms with E-state index in [1.807, 2.05) is 19.1 Å². The van der Waals surface area contributed by atoms with E-state index in [0.717, 1.165) is 24.9 Å². The Kier molecular flexibility index (Phi) is 4.73. The number of piperidine rings is 1. The third-order valence-corrected chi connectivity index (χ3v) is 7.12. The van der Waals surface area contributed by atoms with Crippen LogP contribution in [0.2, 0.25) is 5.02 Å². The van der Waals surface area contributed by atoms with Gasteiger partial charge in [0.1, 0.15) is 4.90 Å². The number of rotatable bonds is 3. The van der Waals surface area contributed by atoms with Gasteiger partial charge in [0.2, 0.25) is 10.0 Å². The summed E-state index contributed by atoms with van der Waals surface area (Å²) in [6, 6.07) is 7.24. The van der Waals surface area contributed by atoms with Crippen LogP contribution in [0, 0.1) is 13.8 Å². The van der Waals surface area contributed by atoms with Crippen molar-refractivity contribution in [3.8, 4) is 5.69 Å². The van der Waals surface area contributed by atoms with Gasteiger partial charge in [-0.15, -0.1) is 0 Å². The fraction of sp³-hybridized carbons (Fsp3) is 0.471. The topological polar surface area (TPSA) is 55.2 Å². The maximum atomic E-state index is 13.2. The molecule has 7 heteroatoms. The number of aromatic nitrogens is 2. The van der Waals surface area contributed by atoms with Gasteiger partial charge < -0.3 is 0 Å². The molecule has 1 aliphatic rings. The fourth-order valence-electron chi connectivity index (χ4n) is 3.38. The van der Waals surface area contributed by atoms with Crippen LogP contribution in [0.5, 0.6) is 0 Å². The standard InChI is InChI=1S/C17H22ClN3O2S/c1-12-6-4-5-11-20(12)24(22,23)17-13(2)19-21(14(17)3)16-9-7-15(18)8-10-16/h7-10,12H,4-6,11H2,1-3H3/t12-/m0/s1. The summed E-state index contributed by atoms with van der Waals surface area (Å²) in [4.78, 5) is 0.325. The molecule has 130 valence electrons. The van der Waals surface area contributed by atoms with E-state index in [4.69, 9.17) is 11.6 Å². The van der Waals surface area contributed by atoms with Crippen molar-refractivity contribution in [3.63, 3.8) is 0 Å². The summed E-state index contributed by atoms with van der Waals surface area (Å²) in [5, 5.41) is 5.10. The number of aryl methyl sites for hydroxylation is 1. The Morgan fingerprint density at radius 2 is 1.83 bits per heavy atom. The predicted octanol–water partition coefficient (Wildman–Crippen LogP) is 3.71. The van der Waals surface area contributed by atoms with E-state index in [2.05, 4.69) is 5.10 Å². The average Bonchev–Trinajstić information content (AvgIpc) is 2.83. The van der Waals surface area contributed by atoms with Crippen LogP contribution in [0.15, 0.2) is 29.2 Å². The third-order valence-electron chi connectivity index (χ3n) is 4.60. The number of nitrogens with zero attached hydrogens (tertiary/aromatic N) is 3. The molecule has 1 saturated heterocycles. The van der Waals surface area contributed by atoms with E-state index < -0.39 is 10.0 Å². The van der Waals surface area contributed by atoms with Gasteiger partial charge in [0.15, 0.2) is 0 Å². The van der Waals surface area contributed by atoms with Crippen molar-refractivity contribution >= 4 is 21.6 Å².